The number of piperazine rings is 1. The first kappa shape index (κ1) is 14.5. The fourth-order valence-corrected chi connectivity index (χ4v) is 3.22. The Bertz CT molecular complexity index is 495. The lowest BCUT2D eigenvalue weighted by Gasteiger charge is -2.35. The van der Waals surface area contributed by atoms with E-state index in [9.17, 15) is 4.79 Å². The second kappa shape index (κ2) is 6.11. The molecule has 7 heteroatoms. The molecule has 2 unspecified atom stereocenters. The van der Waals surface area contributed by atoms with Crippen molar-refractivity contribution in [1.29, 1.82) is 0 Å². The molecule has 21 heavy (non-hydrogen) atoms. The van der Waals surface area contributed by atoms with E-state index >= 15 is 0 Å². The number of rotatable bonds is 3. The summed E-state index contributed by atoms with van der Waals surface area (Å²) in [6, 6.07) is 0.209. The van der Waals surface area contributed by atoms with Crippen LogP contribution in [0.2, 0.25) is 0 Å². The Kier molecular flexibility index (Phi) is 4.21. The lowest BCUT2D eigenvalue weighted by atomic mass is 10.1. The number of aryl methyl sites for hydroxylation is 1. The third kappa shape index (κ3) is 3.41. The lowest BCUT2D eigenvalue weighted by molar-refractivity contribution is -0.137. The van der Waals surface area contributed by atoms with Crippen molar-refractivity contribution in [3.05, 3.63) is 11.7 Å². The van der Waals surface area contributed by atoms with Crippen LogP contribution in [0.15, 0.2) is 4.52 Å². The van der Waals surface area contributed by atoms with Gasteiger partial charge in [-0.2, -0.15) is 4.98 Å². The summed E-state index contributed by atoms with van der Waals surface area (Å²) in [7, 11) is 0. The molecule has 1 aliphatic carbocycles. The van der Waals surface area contributed by atoms with Gasteiger partial charge in [-0.3, -0.25) is 9.69 Å². The minimum Gasteiger partial charge on any atom is -0.340 e. The van der Waals surface area contributed by atoms with Gasteiger partial charge in [0.1, 0.15) is 0 Å². The van der Waals surface area contributed by atoms with Gasteiger partial charge in [0.25, 0.3) is 0 Å². The van der Waals surface area contributed by atoms with E-state index in [2.05, 4.69) is 15.0 Å². The Morgan fingerprint density at radius 2 is 2.10 bits per heavy atom. The second-order valence-electron chi connectivity index (χ2n) is 6.11. The van der Waals surface area contributed by atoms with Crippen molar-refractivity contribution in [1.82, 2.24) is 19.9 Å². The molecule has 1 aromatic heterocycles. The van der Waals surface area contributed by atoms with Gasteiger partial charge in [0.2, 0.25) is 11.8 Å². The molecule has 1 saturated heterocycles. The van der Waals surface area contributed by atoms with Crippen LogP contribution < -0.4 is 5.73 Å². The Morgan fingerprint density at radius 1 is 1.33 bits per heavy atom. The van der Waals surface area contributed by atoms with E-state index in [-0.39, 0.29) is 17.9 Å². The summed E-state index contributed by atoms with van der Waals surface area (Å²) in [6.45, 7) is 5.74. The SMILES string of the molecule is Cc1noc(CN2CCN(C(=O)C3CCC(N)C3)CC2)n1. The van der Waals surface area contributed by atoms with Crippen LogP contribution in [0, 0.1) is 12.8 Å². The highest BCUT2D eigenvalue weighted by Gasteiger charge is 2.32. The van der Waals surface area contributed by atoms with Crippen molar-refractivity contribution in [3.8, 4) is 0 Å². The Labute approximate surface area is 124 Å². The van der Waals surface area contributed by atoms with Gasteiger partial charge >= 0.3 is 0 Å². The Hall–Kier alpha value is -1.47. The number of carbonyl (C=O) groups excluding carboxylic acids is 1. The number of aromatic nitrogens is 2. The summed E-state index contributed by atoms with van der Waals surface area (Å²) in [4.78, 5) is 20.9. The molecule has 1 aliphatic heterocycles. The zero-order chi connectivity index (χ0) is 14.8. The number of carbonyl (C=O) groups is 1. The minimum atomic E-state index is 0.144. The van der Waals surface area contributed by atoms with Crippen molar-refractivity contribution < 1.29 is 9.32 Å². The maximum atomic E-state index is 12.4. The summed E-state index contributed by atoms with van der Waals surface area (Å²) in [5.74, 6) is 1.74. The van der Waals surface area contributed by atoms with Gasteiger partial charge in [0, 0.05) is 38.1 Å². The zero-order valence-electron chi connectivity index (χ0n) is 12.5. The number of hydrogen-bond acceptors (Lipinski definition) is 6. The van der Waals surface area contributed by atoms with E-state index in [1.165, 1.54) is 0 Å². The summed E-state index contributed by atoms with van der Waals surface area (Å²) in [5, 5.41) is 3.80. The molecule has 1 aromatic rings. The van der Waals surface area contributed by atoms with Crippen LogP contribution >= 0.6 is 0 Å². The number of nitrogens with zero attached hydrogens (tertiary/aromatic N) is 4. The number of amides is 1. The molecule has 3 rings (SSSR count). The van der Waals surface area contributed by atoms with Crippen LogP contribution in [-0.4, -0.2) is 58.1 Å². The summed E-state index contributed by atoms with van der Waals surface area (Å²) in [6.07, 6.45) is 2.77. The molecule has 0 spiro atoms. The van der Waals surface area contributed by atoms with E-state index in [1.807, 2.05) is 11.8 Å². The lowest BCUT2D eigenvalue weighted by Crippen LogP contribution is -2.49. The highest BCUT2D eigenvalue weighted by atomic mass is 16.5. The molecule has 0 aromatic carbocycles. The van der Waals surface area contributed by atoms with Gasteiger partial charge in [0.15, 0.2) is 5.82 Å². The van der Waals surface area contributed by atoms with Crippen molar-refractivity contribution in [2.45, 2.75) is 38.8 Å². The van der Waals surface area contributed by atoms with Crippen molar-refractivity contribution >= 4 is 5.91 Å². The average Bonchev–Trinajstić information content (AvgIpc) is 3.08. The maximum Gasteiger partial charge on any atom is 0.240 e. The van der Waals surface area contributed by atoms with Crippen molar-refractivity contribution in [2.24, 2.45) is 11.7 Å². The molecule has 0 bridgehead atoms. The van der Waals surface area contributed by atoms with Crippen molar-refractivity contribution in [2.75, 3.05) is 26.2 Å². The van der Waals surface area contributed by atoms with Crippen LogP contribution in [0.4, 0.5) is 0 Å². The fraction of sp³-hybridized carbons (Fsp3) is 0.786. The molecule has 116 valence electrons. The van der Waals surface area contributed by atoms with Gasteiger partial charge < -0.3 is 15.2 Å². The first-order chi connectivity index (χ1) is 10.1. The molecule has 1 saturated carbocycles. The highest BCUT2D eigenvalue weighted by molar-refractivity contribution is 5.79. The summed E-state index contributed by atoms with van der Waals surface area (Å²) < 4.78 is 5.14. The van der Waals surface area contributed by atoms with Crippen LogP contribution in [0.1, 0.15) is 31.0 Å². The van der Waals surface area contributed by atoms with Gasteiger partial charge in [-0.15, -0.1) is 0 Å². The maximum absolute atomic E-state index is 12.4. The second-order valence-corrected chi connectivity index (χ2v) is 6.11. The largest absolute Gasteiger partial charge is 0.340 e. The third-order valence-electron chi connectivity index (χ3n) is 4.43. The third-order valence-corrected chi connectivity index (χ3v) is 4.43. The average molecular weight is 293 g/mol. The fourth-order valence-electron chi connectivity index (χ4n) is 3.22. The van der Waals surface area contributed by atoms with Crippen LogP contribution in [0.3, 0.4) is 0 Å². The molecule has 2 heterocycles. The topological polar surface area (TPSA) is 88.5 Å². The van der Waals surface area contributed by atoms with E-state index in [4.69, 9.17) is 10.3 Å². The molecule has 2 fully saturated rings. The Morgan fingerprint density at radius 3 is 2.67 bits per heavy atom. The number of nitrogens with two attached hydrogens (primary N) is 1. The van der Waals surface area contributed by atoms with E-state index in [0.29, 0.717) is 18.3 Å². The Balaban J connectivity index is 1.47. The van der Waals surface area contributed by atoms with Crippen LogP contribution in [0.25, 0.3) is 0 Å². The van der Waals surface area contributed by atoms with E-state index in [0.717, 1.165) is 45.4 Å². The number of hydrogen-bond donors (Lipinski definition) is 1. The summed E-state index contributed by atoms with van der Waals surface area (Å²) in [5.41, 5.74) is 5.90. The minimum absolute atomic E-state index is 0.144. The highest BCUT2D eigenvalue weighted by Crippen LogP contribution is 2.26. The normalized spacial score (nSPS) is 27.2. The molecule has 1 amide bonds. The van der Waals surface area contributed by atoms with Crippen LogP contribution in [-0.2, 0) is 11.3 Å². The first-order valence-corrected chi connectivity index (χ1v) is 7.67. The molecule has 0 radical (unpaired) electrons. The van der Waals surface area contributed by atoms with Crippen LogP contribution in [0.5, 0.6) is 0 Å². The first-order valence-electron chi connectivity index (χ1n) is 7.67. The van der Waals surface area contributed by atoms with Gasteiger partial charge in [-0.1, -0.05) is 5.16 Å². The quantitative estimate of drug-likeness (QED) is 0.853. The van der Waals surface area contributed by atoms with Crippen molar-refractivity contribution in [3.63, 3.8) is 0 Å². The zero-order valence-corrected chi connectivity index (χ0v) is 12.5. The predicted molar refractivity (Wildman–Crippen MR) is 76.2 cm³/mol. The summed E-state index contributed by atoms with van der Waals surface area (Å²) >= 11 is 0. The smallest absolute Gasteiger partial charge is 0.240 e. The molecule has 7 nitrogen and oxygen atoms in total. The molecule has 2 atom stereocenters. The molecular formula is C14H23N5O2. The molecule has 2 N–H and O–H groups in total. The predicted octanol–water partition coefficient (Wildman–Crippen LogP) is 0.150. The monoisotopic (exact) mass is 293 g/mol. The van der Waals surface area contributed by atoms with E-state index in [1.54, 1.807) is 0 Å². The van der Waals surface area contributed by atoms with Gasteiger partial charge in [-0.05, 0) is 26.2 Å². The van der Waals surface area contributed by atoms with E-state index < -0.39 is 0 Å². The standard InChI is InChI=1S/C14H23N5O2/c1-10-16-13(21-17-10)9-18-4-6-19(7-5-18)14(20)11-2-3-12(15)8-11/h11-12H,2-9,15H2,1H3. The van der Waals surface area contributed by atoms with Gasteiger partial charge in [0.05, 0.1) is 6.54 Å². The van der Waals surface area contributed by atoms with Gasteiger partial charge in [-0.25, -0.2) is 0 Å². The molecule has 2 aliphatic rings. The molecular weight excluding hydrogens is 270 g/mol.